The Morgan fingerprint density at radius 1 is 1.29 bits per heavy atom. The summed E-state index contributed by atoms with van der Waals surface area (Å²) in [6.45, 7) is 2.76. The molecule has 1 aliphatic rings. The van der Waals surface area contributed by atoms with Crippen molar-refractivity contribution in [3.05, 3.63) is 22.4 Å². The maximum atomic E-state index is 11.9. The number of carbonyl (C=O) groups is 2. The van der Waals surface area contributed by atoms with Gasteiger partial charge in [0.25, 0.3) is 5.91 Å². The third-order valence-corrected chi connectivity index (χ3v) is 4.92. The lowest BCUT2D eigenvalue weighted by Crippen LogP contribution is -2.43. The van der Waals surface area contributed by atoms with Gasteiger partial charge in [0.15, 0.2) is 0 Å². The Bertz CT molecular complexity index is 451. The number of thiophene rings is 1. The third kappa shape index (κ3) is 4.84. The number of hydrogen-bond acceptors (Lipinski definition) is 3. The highest BCUT2D eigenvalue weighted by molar-refractivity contribution is 7.12. The third-order valence-electron chi connectivity index (χ3n) is 4.05. The van der Waals surface area contributed by atoms with Crippen LogP contribution in [0, 0.1) is 0 Å². The predicted molar refractivity (Wildman–Crippen MR) is 85.5 cm³/mol. The standard InChI is InChI=1S/C16H24N2O2S/c1-13(19)18(14-7-4-2-3-5-8-14)11-10-17-16(20)15-9-6-12-21-15/h6,9,12,14H,2-5,7-8,10-11H2,1H3,(H,17,20). The van der Waals surface area contributed by atoms with Crippen molar-refractivity contribution in [3.8, 4) is 0 Å². The molecule has 1 aromatic rings. The summed E-state index contributed by atoms with van der Waals surface area (Å²) in [5.74, 6) is 0.0710. The second-order valence-corrected chi connectivity index (χ2v) is 6.54. The first-order valence-electron chi connectivity index (χ1n) is 7.77. The first-order chi connectivity index (χ1) is 10.2. The van der Waals surface area contributed by atoms with E-state index in [0.29, 0.717) is 19.1 Å². The molecule has 0 bridgehead atoms. The van der Waals surface area contributed by atoms with Crippen molar-refractivity contribution >= 4 is 23.2 Å². The maximum Gasteiger partial charge on any atom is 0.261 e. The second kappa shape index (κ2) is 8.17. The molecular weight excluding hydrogens is 284 g/mol. The topological polar surface area (TPSA) is 49.4 Å². The van der Waals surface area contributed by atoms with Crippen LogP contribution in [0.2, 0.25) is 0 Å². The molecule has 4 nitrogen and oxygen atoms in total. The Labute approximate surface area is 130 Å². The summed E-state index contributed by atoms with van der Waals surface area (Å²) < 4.78 is 0. The van der Waals surface area contributed by atoms with E-state index in [0.717, 1.165) is 17.7 Å². The number of carbonyl (C=O) groups excluding carboxylic acids is 2. The predicted octanol–water partition coefficient (Wildman–Crippen LogP) is 3.05. The zero-order valence-corrected chi connectivity index (χ0v) is 13.5. The molecule has 0 saturated heterocycles. The molecule has 5 heteroatoms. The van der Waals surface area contributed by atoms with E-state index in [1.165, 1.54) is 37.0 Å². The van der Waals surface area contributed by atoms with E-state index in [2.05, 4.69) is 5.32 Å². The van der Waals surface area contributed by atoms with Gasteiger partial charge in [0.1, 0.15) is 0 Å². The quantitative estimate of drug-likeness (QED) is 0.850. The Balaban J connectivity index is 1.82. The van der Waals surface area contributed by atoms with Gasteiger partial charge >= 0.3 is 0 Å². The first-order valence-corrected chi connectivity index (χ1v) is 8.65. The lowest BCUT2D eigenvalue weighted by molar-refractivity contribution is -0.131. The molecule has 1 saturated carbocycles. The molecule has 0 radical (unpaired) electrons. The number of hydrogen-bond donors (Lipinski definition) is 1. The highest BCUT2D eigenvalue weighted by atomic mass is 32.1. The molecule has 116 valence electrons. The fourth-order valence-electron chi connectivity index (χ4n) is 2.95. The van der Waals surface area contributed by atoms with E-state index in [1.54, 1.807) is 6.92 Å². The Kier molecular flexibility index (Phi) is 6.23. The van der Waals surface area contributed by atoms with Crippen molar-refractivity contribution in [1.82, 2.24) is 10.2 Å². The van der Waals surface area contributed by atoms with Crippen LogP contribution in [0.4, 0.5) is 0 Å². The summed E-state index contributed by atoms with van der Waals surface area (Å²) in [7, 11) is 0. The lowest BCUT2D eigenvalue weighted by Gasteiger charge is -2.30. The molecule has 0 unspecified atom stereocenters. The van der Waals surface area contributed by atoms with Crippen LogP contribution in [0.1, 0.15) is 55.1 Å². The number of rotatable bonds is 5. The van der Waals surface area contributed by atoms with Crippen LogP contribution in [-0.4, -0.2) is 35.8 Å². The summed E-state index contributed by atoms with van der Waals surface area (Å²) in [6, 6.07) is 4.03. The van der Waals surface area contributed by atoms with E-state index in [-0.39, 0.29) is 11.8 Å². The summed E-state index contributed by atoms with van der Waals surface area (Å²) in [5.41, 5.74) is 0. The zero-order valence-electron chi connectivity index (χ0n) is 12.6. The summed E-state index contributed by atoms with van der Waals surface area (Å²) in [6.07, 6.45) is 7.15. The van der Waals surface area contributed by atoms with E-state index in [1.807, 2.05) is 22.4 Å². The van der Waals surface area contributed by atoms with E-state index in [9.17, 15) is 9.59 Å². The molecule has 0 aromatic carbocycles. The highest BCUT2D eigenvalue weighted by Crippen LogP contribution is 2.21. The molecule has 1 fully saturated rings. The second-order valence-electron chi connectivity index (χ2n) is 5.59. The maximum absolute atomic E-state index is 11.9. The van der Waals surface area contributed by atoms with Gasteiger partial charge in [0.2, 0.25) is 5.91 Å². The van der Waals surface area contributed by atoms with Crippen LogP contribution in [0.5, 0.6) is 0 Å². The summed E-state index contributed by atoms with van der Waals surface area (Å²) in [5, 5.41) is 4.79. The van der Waals surface area contributed by atoms with Crippen molar-refractivity contribution in [3.63, 3.8) is 0 Å². The minimum atomic E-state index is -0.0469. The van der Waals surface area contributed by atoms with Crippen LogP contribution < -0.4 is 5.32 Å². The van der Waals surface area contributed by atoms with Crippen molar-refractivity contribution in [2.24, 2.45) is 0 Å². The van der Waals surface area contributed by atoms with Crippen LogP contribution in [-0.2, 0) is 4.79 Å². The molecule has 1 heterocycles. The normalized spacial score (nSPS) is 16.2. The van der Waals surface area contributed by atoms with Gasteiger partial charge < -0.3 is 10.2 Å². The Morgan fingerprint density at radius 3 is 2.57 bits per heavy atom. The first kappa shape index (κ1) is 16.0. The molecule has 2 amide bonds. The van der Waals surface area contributed by atoms with Crippen molar-refractivity contribution in [2.75, 3.05) is 13.1 Å². The smallest absolute Gasteiger partial charge is 0.261 e. The van der Waals surface area contributed by atoms with Crippen LogP contribution in [0.3, 0.4) is 0 Å². The van der Waals surface area contributed by atoms with E-state index in [4.69, 9.17) is 0 Å². The lowest BCUT2D eigenvalue weighted by atomic mass is 10.1. The Morgan fingerprint density at radius 2 is 2.00 bits per heavy atom. The van der Waals surface area contributed by atoms with Gasteiger partial charge in [-0.3, -0.25) is 9.59 Å². The van der Waals surface area contributed by atoms with Gasteiger partial charge in [-0.2, -0.15) is 0 Å². The van der Waals surface area contributed by atoms with E-state index < -0.39 is 0 Å². The van der Waals surface area contributed by atoms with Crippen molar-refractivity contribution in [2.45, 2.75) is 51.5 Å². The van der Waals surface area contributed by atoms with Crippen LogP contribution >= 0.6 is 11.3 Å². The van der Waals surface area contributed by atoms with Crippen molar-refractivity contribution in [1.29, 1.82) is 0 Å². The van der Waals surface area contributed by atoms with Gasteiger partial charge in [0.05, 0.1) is 4.88 Å². The number of amides is 2. The molecule has 0 atom stereocenters. The monoisotopic (exact) mass is 308 g/mol. The van der Waals surface area contributed by atoms with Crippen molar-refractivity contribution < 1.29 is 9.59 Å². The largest absolute Gasteiger partial charge is 0.350 e. The zero-order chi connectivity index (χ0) is 15.1. The highest BCUT2D eigenvalue weighted by Gasteiger charge is 2.22. The molecule has 1 aliphatic carbocycles. The van der Waals surface area contributed by atoms with Crippen LogP contribution in [0.15, 0.2) is 17.5 Å². The molecule has 0 aliphatic heterocycles. The minimum absolute atomic E-state index is 0.0469. The van der Waals surface area contributed by atoms with E-state index >= 15 is 0 Å². The molecule has 2 rings (SSSR count). The van der Waals surface area contributed by atoms with Crippen LogP contribution in [0.25, 0.3) is 0 Å². The average molecular weight is 308 g/mol. The Hall–Kier alpha value is -1.36. The minimum Gasteiger partial charge on any atom is -0.350 e. The van der Waals surface area contributed by atoms with Gasteiger partial charge in [-0.15, -0.1) is 11.3 Å². The SMILES string of the molecule is CC(=O)N(CCNC(=O)c1cccs1)C1CCCCCC1. The number of nitrogens with zero attached hydrogens (tertiary/aromatic N) is 1. The number of nitrogens with one attached hydrogen (secondary N) is 1. The van der Waals surface area contributed by atoms with Gasteiger partial charge in [0, 0.05) is 26.1 Å². The van der Waals surface area contributed by atoms with Gasteiger partial charge in [-0.1, -0.05) is 31.7 Å². The molecule has 1 aromatic heterocycles. The van der Waals surface area contributed by atoms with Gasteiger partial charge in [-0.05, 0) is 24.3 Å². The molecule has 21 heavy (non-hydrogen) atoms. The fraction of sp³-hybridized carbons (Fsp3) is 0.625. The van der Waals surface area contributed by atoms with Gasteiger partial charge in [-0.25, -0.2) is 0 Å². The molecular formula is C16H24N2O2S. The molecule has 1 N–H and O–H groups in total. The average Bonchev–Trinajstić information content (AvgIpc) is 2.87. The summed E-state index contributed by atoms with van der Waals surface area (Å²) in [4.78, 5) is 26.4. The summed E-state index contributed by atoms with van der Waals surface area (Å²) >= 11 is 1.43. The fourth-order valence-corrected chi connectivity index (χ4v) is 3.59. The molecule has 0 spiro atoms.